The summed E-state index contributed by atoms with van der Waals surface area (Å²) in [5, 5.41) is 20.2. The molecule has 0 bridgehead atoms. The lowest BCUT2D eigenvalue weighted by molar-refractivity contribution is -0.122. The van der Waals surface area contributed by atoms with Gasteiger partial charge in [-0.25, -0.2) is 0 Å². The molecule has 94 valence electrons. The number of methoxy groups -OCH3 is 1. The van der Waals surface area contributed by atoms with Crippen LogP contribution < -0.4 is 4.90 Å². The Morgan fingerprint density at radius 2 is 2.12 bits per heavy atom. The zero-order chi connectivity index (χ0) is 12.3. The topological polar surface area (TPSA) is 52.9 Å². The number of hydrogen-bond acceptors (Lipinski definition) is 4. The molecular formula is C13H19NO3. The zero-order valence-corrected chi connectivity index (χ0v) is 10.0. The minimum Gasteiger partial charge on any atom is -0.388 e. The van der Waals surface area contributed by atoms with Crippen LogP contribution in [-0.4, -0.2) is 48.7 Å². The van der Waals surface area contributed by atoms with Gasteiger partial charge in [-0.15, -0.1) is 0 Å². The molecule has 1 saturated heterocycles. The number of ether oxygens (including phenoxy) is 1. The summed E-state index contributed by atoms with van der Waals surface area (Å²) in [4.78, 5) is 2.08. The lowest BCUT2D eigenvalue weighted by atomic mass is 9.89. The molecule has 17 heavy (non-hydrogen) atoms. The fourth-order valence-corrected chi connectivity index (χ4v) is 2.26. The molecule has 2 atom stereocenters. The number of anilines is 1. The molecule has 4 nitrogen and oxygen atoms in total. The van der Waals surface area contributed by atoms with Crippen LogP contribution in [0.4, 0.5) is 5.69 Å². The summed E-state index contributed by atoms with van der Waals surface area (Å²) in [6.45, 7) is 1.33. The van der Waals surface area contributed by atoms with Crippen LogP contribution in [0.25, 0.3) is 0 Å². The van der Waals surface area contributed by atoms with Crippen LogP contribution in [-0.2, 0) is 4.74 Å². The first-order chi connectivity index (χ1) is 8.15. The standard InChI is InChI=1S/C13H19NO3/c1-17-10-13(16)7-8-14(9-12(13)15)11-5-3-2-4-6-11/h2-6,12,15-16H,7-10H2,1H3/t12-,13?/m1/s1. The van der Waals surface area contributed by atoms with Crippen molar-refractivity contribution in [3.63, 3.8) is 0 Å². The van der Waals surface area contributed by atoms with Crippen molar-refractivity contribution in [1.82, 2.24) is 0 Å². The van der Waals surface area contributed by atoms with E-state index in [2.05, 4.69) is 4.90 Å². The van der Waals surface area contributed by atoms with Crippen molar-refractivity contribution >= 4 is 5.69 Å². The normalized spacial score (nSPS) is 29.4. The molecule has 0 aliphatic carbocycles. The van der Waals surface area contributed by atoms with Gasteiger partial charge in [0.2, 0.25) is 0 Å². The van der Waals surface area contributed by atoms with Crippen molar-refractivity contribution < 1.29 is 14.9 Å². The van der Waals surface area contributed by atoms with Gasteiger partial charge in [0, 0.05) is 25.9 Å². The highest BCUT2D eigenvalue weighted by Crippen LogP contribution is 2.26. The molecular weight excluding hydrogens is 218 g/mol. The van der Waals surface area contributed by atoms with E-state index in [4.69, 9.17) is 4.74 Å². The molecule has 1 aliphatic rings. The first-order valence-electron chi connectivity index (χ1n) is 5.85. The first-order valence-corrected chi connectivity index (χ1v) is 5.85. The second-order valence-electron chi connectivity index (χ2n) is 4.58. The quantitative estimate of drug-likeness (QED) is 0.810. The molecule has 2 N–H and O–H groups in total. The average Bonchev–Trinajstić information content (AvgIpc) is 2.34. The van der Waals surface area contributed by atoms with Crippen molar-refractivity contribution in [3.8, 4) is 0 Å². The zero-order valence-electron chi connectivity index (χ0n) is 10.0. The van der Waals surface area contributed by atoms with E-state index >= 15 is 0 Å². The Morgan fingerprint density at radius 3 is 2.71 bits per heavy atom. The van der Waals surface area contributed by atoms with Gasteiger partial charge >= 0.3 is 0 Å². The molecule has 1 unspecified atom stereocenters. The van der Waals surface area contributed by atoms with Crippen LogP contribution in [0.5, 0.6) is 0 Å². The molecule has 0 spiro atoms. The van der Waals surface area contributed by atoms with Crippen molar-refractivity contribution in [3.05, 3.63) is 30.3 Å². The van der Waals surface area contributed by atoms with E-state index in [0.717, 1.165) is 12.2 Å². The number of aliphatic hydroxyl groups excluding tert-OH is 1. The van der Waals surface area contributed by atoms with Crippen LogP contribution in [0.15, 0.2) is 30.3 Å². The maximum atomic E-state index is 10.2. The lowest BCUT2D eigenvalue weighted by Gasteiger charge is -2.42. The van der Waals surface area contributed by atoms with Crippen LogP contribution >= 0.6 is 0 Å². The SMILES string of the molecule is COCC1(O)CCN(c2ccccc2)C[C@H]1O. The van der Waals surface area contributed by atoms with E-state index in [1.165, 1.54) is 7.11 Å². The fourth-order valence-electron chi connectivity index (χ4n) is 2.26. The molecule has 1 aromatic carbocycles. The largest absolute Gasteiger partial charge is 0.388 e. The number of piperidine rings is 1. The number of nitrogens with zero attached hydrogens (tertiary/aromatic N) is 1. The van der Waals surface area contributed by atoms with Gasteiger partial charge in [-0.3, -0.25) is 0 Å². The van der Waals surface area contributed by atoms with E-state index in [9.17, 15) is 10.2 Å². The molecule has 1 aliphatic heterocycles. The van der Waals surface area contributed by atoms with Gasteiger partial charge in [-0.05, 0) is 18.6 Å². The number of para-hydroxylation sites is 1. The Hall–Kier alpha value is -1.10. The highest BCUT2D eigenvalue weighted by atomic mass is 16.5. The molecule has 1 fully saturated rings. The molecule has 2 rings (SSSR count). The summed E-state index contributed by atoms with van der Waals surface area (Å²) in [5.41, 5.74) is -0.0361. The molecule has 1 heterocycles. The monoisotopic (exact) mass is 237 g/mol. The van der Waals surface area contributed by atoms with Crippen LogP contribution in [0, 0.1) is 0 Å². The molecule has 0 radical (unpaired) electrons. The van der Waals surface area contributed by atoms with E-state index in [0.29, 0.717) is 13.0 Å². The molecule has 1 aromatic rings. The third-order valence-electron chi connectivity index (χ3n) is 3.34. The number of β-amino-alcohol motifs (C(OH)–C–C–N with tert-alkyl or cyclic N) is 1. The van der Waals surface area contributed by atoms with Gasteiger partial charge in [-0.2, -0.15) is 0 Å². The summed E-state index contributed by atoms with van der Waals surface area (Å²) >= 11 is 0. The smallest absolute Gasteiger partial charge is 0.117 e. The third-order valence-corrected chi connectivity index (χ3v) is 3.34. The second kappa shape index (κ2) is 5.04. The van der Waals surface area contributed by atoms with Crippen molar-refractivity contribution in [2.24, 2.45) is 0 Å². The summed E-state index contributed by atoms with van der Waals surface area (Å²) in [7, 11) is 1.54. The van der Waals surface area contributed by atoms with Gasteiger partial charge in [0.25, 0.3) is 0 Å². The highest BCUT2D eigenvalue weighted by Gasteiger charge is 2.40. The second-order valence-corrected chi connectivity index (χ2v) is 4.58. The minimum atomic E-state index is -1.11. The van der Waals surface area contributed by atoms with Gasteiger partial charge in [0.15, 0.2) is 0 Å². The van der Waals surface area contributed by atoms with Crippen molar-refractivity contribution in [2.45, 2.75) is 18.1 Å². The Kier molecular flexibility index (Phi) is 3.66. The Balaban J connectivity index is 2.05. The molecule has 0 saturated carbocycles. The Labute approximate surface area is 101 Å². The first kappa shape index (κ1) is 12.4. The van der Waals surface area contributed by atoms with Gasteiger partial charge < -0.3 is 19.8 Å². The van der Waals surface area contributed by atoms with Gasteiger partial charge in [0.05, 0.1) is 6.61 Å². The molecule has 0 aromatic heterocycles. The van der Waals surface area contributed by atoms with E-state index in [1.54, 1.807) is 0 Å². The minimum absolute atomic E-state index is 0.177. The predicted molar refractivity (Wildman–Crippen MR) is 66.1 cm³/mol. The summed E-state index contributed by atoms with van der Waals surface area (Å²) in [6, 6.07) is 9.92. The van der Waals surface area contributed by atoms with Crippen molar-refractivity contribution in [1.29, 1.82) is 0 Å². The predicted octanol–water partition coefficient (Wildman–Crippen LogP) is 0.635. The highest BCUT2D eigenvalue weighted by molar-refractivity contribution is 5.46. The molecule has 0 amide bonds. The average molecular weight is 237 g/mol. The van der Waals surface area contributed by atoms with Crippen LogP contribution in [0.1, 0.15) is 6.42 Å². The summed E-state index contributed by atoms with van der Waals surface area (Å²) in [6.07, 6.45) is -0.270. The summed E-state index contributed by atoms with van der Waals surface area (Å²) in [5.74, 6) is 0. The van der Waals surface area contributed by atoms with Gasteiger partial charge in [0.1, 0.15) is 11.7 Å². The molecule has 4 heteroatoms. The maximum absolute atomic E-state index is 10.2. The lowest BCUT2D eigenvalue weighted by Crippen LogP contribution is -2.57. The fraction of sp³-hybridized carbons (Fsp3) is 0.538. The number of rotatable bonds is 3. The maximum Gasteiger partial charge on any atom is 0.117 e. The Morgan fingerprint density at radius 1 is 1.41 bits per heavy atom. The van der Waals surface area contributed by atoms with Crippen LogP contribution in [0.3, 0.4) is 0 Å². The van der Waals surface area contributed by atoms with E-state index in [1.807, 2.05) is 30.3 Å². The van der Waals surface area contributed by atoms with Crippen molar-refractivity contribution in [2.75, 3.05) is 31.7 Å². The van der Waals surface area contributed by atoms with E-state index < -0.39 is 11.7 Å². The number of aliphatic hydroxyl groups is 2. The Bertz CT molecular complexity index is 357. The van der Waals surface area contributed by atoms with E-state index in [-0.39, 0.29) is 6.61 Å². The number of hydrogen-bond donors (Lipinski definition) is 2. The van der Waals surface area contributed by atoms with Gasteiger partial charge in [-0.1, -0.05) is 18.2 Å². The third kappa shape index (κ3) is 2.60. The summed E-state index contributed by atoms with van der Waals surface area (Å²) < 4.78 is 4.97. The number of benzene rings is 1. The van der Waals surface area contributed by atoms with Crippen LogP contribution in [0.2, 0.25) is 0 Å².